The van der Waals surface area contributed by atoms with Gasteiger partial charge in [0.2, 0.25) is 0 Å². The van der Waals surface area contributed by atoms with E-state index in [0.29, 0.717) is 19.3 Å². The van der Waals surface area contributed by atoms with Crippen LogP contribution >= 0.6 is 0 Å². The normalized spacial score (nSPS) is 12.4. The molecule has 406 valence electrons. The van der Waals surface area contributed by atoms with E-state index < -0.39 is 6.10 Å². The van der Waals surface area contributed by atoms with Gasteiger partial charge in [-0.25, -0.2) is 0 Å². The van der Waals surface area contributed by atoms with Crippen LogP contribution in [0.2, 0.25) is 0 Å². The number of unbranched alkanes of at least 4 members (excludes halogenated alkanes) is 34. The molecule has 0 fully saturated rings. The molecule has 0 aliphatic rings. The molecule has 6 nitrogen and oxygen atoms in total. The van der Waals surface area contributed by atoms with E-state index in [1.54, 1.807) is 0 Å². The summed E-state index contributed by atoms with van der Waals surface area (Å²) in [6, 6.07) is 0. The average Bonchev–Trinajstić information content (AvgIpc) is 3.36. The van der Waals surface area contributed by atoms with Crippen LogP contribution in [0.1, 0.15) is 310 Å². The van der Waals surface area contributed by atoms with Gasteiger partial charge in [0.25, 0.3) is 0 Å². The van der Waals surface area contributed by atoms with Crippen LogP contribution in [0, 0.1) is 0 Å². The number of carbonyl (C=O) groups excluding carboxylic acids is 3. The SMILES string of the molecule is CCCCC/C=C\C/C=C\C/C=C\CCCCCCCCC(=O)OCC(COC(=O)CCCCCCC/C=C\CCCCCCC)OC(=O)CCCCCCCCCCC/C=C\CCCCCCCC. The van der Waals surface area contributed by atoms with Gasteiger partial charge in [0.1, 0.15) is 13.2 Å². The Morgan fingerprint density at radius 2 is 0.514 bits per heavy atom. The van der Waals surface area contributed by atoms with Crippen LogP contribution in [-0.2, 0) is 28.6 Å². The number of rotatable bonds is 55. The number of allylic oxidation sites excluding steroid dienone is 10. The van der Waals surface area contributed by atoms with Crippen LogP contribution in [0.3, 0.4) is 0 Å². The summed E-state index contributed by atoms with van der Waals surface area (Å²) >= 11 is 0. The minimum absolute atomic E-state index is 0.0823. The lowest BCUT2D eigenvalue weighted by Gasteiger charge is -2.18. The van der Waals surface area contributed by atoms with Crippen molar-refractivity contribution in [1.82, 2.24) is 0 Å². The summed E-state index contributed by atoms with van der Waals surface area (Å²) in [5.41, 5.74) is 0. The van der Waals surface area contributed by atoms with E-state index in [1.165, 1.54) is 186 Å². The van der Waals surface area contributed by atoms with Gasteiger partial charge in [-0.2, -0.15) is 0 Å². The summed E-state index contributed by atoms with van der Waals surface area (Å²) < 4.78 is 16.9. The van der Waals surface area contributed by atoms with E-state index >= 15 is 0 Å². The fourth-order valence-electron chi connectivity index (χ4n) is 8.62. The third-order valence-corrected chi connectivity index (χ3v) is 13.2. The van der Waals surface area contributed by atoms with Crippen molar-refractivity contribution in [3.63, 3.8) is 0 Å². The third-order valence-electron chi connectivity index (χ3n) is 13.2. The predicted molar refractivity (Wildman–Crippen MR) is 302 cm³/mol. The van der Waals surface area contributed by atoms with Crippen molar-refractivity contribution in [2.24, 2.45) is 0 Å². The molecule has 0 aromatic heterocycles. The van der Waals surface area contributed by atoms with Gasteiger partial charge in [0, 0.05) is 19.3 Å². The van der Waals surface area contributed by atoms with Gasteiger partial charge < -0.3 is 14.2 Å². The lowest BCUT2D eigenvalue weighted by Crippen LogP contribution is -2.30. The molecule has 0 bridgehead atoms. The first-order valence-corrected chi connectivity index (χ1v) is 30.3. The maximum absolute atomic E-state index is 12.9. The van der Waals surface area contributed by atoms with Crippen molar-refractivity contribution in [2.75, 3.05) is 13.2 Å². The summed E-state index contributed by atoms with van der Waals surface area (Å²) in [4.78, 5) is 38.2. The molecule has 1 atom stereocenters. The highest BCUT2D eigenvalue weighted by molar-refractivity contribution is 5.71. The maximum atomic E-state index is 12.9. The van der Waals surface area contributed by atoms with Gasteiger partial charge >= 0.3 is 17.9 Å². The minimum Gasteiger partial charge on any atom is -0.462 e. The Kier molecular flexibility index (Phi) is 56.3. The third kappa shape index (κ3) is 56.0. The molecule has 0 amide bonds. The number of ether oxygens (including phenoxy) is 3. The van der Waals surface area contributed by atoms with Crippen molar-refractivity contribution in [2.45, 2.75) is 316 Å². The Morgan fingerprint density at radius 3 is 0.843 bits per heavy atom. The Morgan fingerprint density at radius 1 is 0.286 bits per heavy atom. The summed E-state index contributed by atoms with van der Waals surface area (Å²) in [5, 5.41) is 0. The first-order chi connectivity index (χ1) is 34.5. The highest BCUT2D eigenvalue weighted by atomic mass is 16.6. The zero-order valence-corrected chi connectivity index (χ0v) is 46.5. The van der Waals surface area contributed by atoms with Gasteiger partial charge in [-0.1, -0.05) is 242 Å². The average molecular weight is 980 g/mol. The van der Waals surface area contributed by atoms with E-state index in [-0.39, 0.29) is 31.1 Å². The van der Waals surface area contributed by atoms with Gasteiger partial charge in [-0.15, -0.1) is 0 Å². The van der Waals surface area contributed by atoms with Crippen LogP contribution in [-0.4, -0.2) is 37.2 Å². The van der Waals surface area contributed by atoms with Crippen molar-refractivity contribution in [1.29, 1.82) is 0 Å². The molecule has 0 saturated carbocycles. The Bertz CT molecular complexity index is 1260. The number of carbonyl (C=O) groups is 3. The lowest BCUT2D eigenvalue weighted by molar-refractivity contribution is -0.167. The van der Waals surface area contributed by atoms with E-state index in [2.05, 4.69) is 81.5 Å². The molecular formula is C64H114O6. The first-order valence-electron chi connectivity index (χ1n) is 30.3. The van der Waals surface area contributed by atoms with Gasteiger partial charge in [-0.05, 0) is 109 Å². The highest BCUT2D eigenvalue weighted by Crippen LogP contribution is 2.15. The standard InChI is InChI=1S/C64H114O6/c1-4-7-10-13-16-19-22-25-28-30-32-34-36-39-42-45-48-51-54-57-63(66)69-60-61(59-68-62(65)56-53-50-47-44-41-38-27-24-21-18-15-12-9-6-3)70-64(67)58-55-52-49-46-43-40-37-35-33-31-29-26-23-20-17-14-11-8-5-2/h16,19,24-29,32,34,61H,4-15,17-18,20-23,30-31,33,35-60H2,1-3H3/b19-16-,27-24-,28-25-,29-26-,34-32-. The zero-order chi connectivity index (χ0) is 50.7. The van der Waals surface area contributed by atoms with Crippen LogP contribution < -0.4 is 0 Å². The molecule has 6 heteroatoms. The van der Waals surface area contributed by atoms with Crippen molar-refractivity contribution >= 4 is 17.9 Å². The largest absolute Gasteiger partial charge is 0.462 e. The number of hydrogen-bond acceptors (Lipinski definition) is 6. The molecule has 0 radical (unpaired) electrons. The number of hydrogen-bond donors (Lipinski definition) is 0. The van der Waals surface area contributed by atoms with Crippen LogP contribution in [0.5, 0.6) is 0 Å². The van der Waals surface area contributed by atoms with Crippen molar-refractivity contribution in [3.8, 4) is 0 Å². The van der Waals surface area contributed by atoms with Crippen molar-refractivity contribution < 1.29 is 28.6 Å². The molecule has 0 rings (SSSR count). The predicted octanol–water partition coefficient (Wildman–Crippen LogP) is 20.4. The van der Waals surface area contributed by atoms with E-state index in [4.69, 9.17) is 14.2 Å². The second kappa shape index (κ2) is 58.7. The molecule has 0 N–H and O–H groups in total. The van der Waals surface area contributed by atoms with Gasteiger partial charge in [0.05, 0.1) is 0 Å². The second-order valence-corrected chi connectivity index (χ2v) is 20.2. The molecular weight excluding hydrogens is 865 g/mol. The lowest BCUT2D eigenvalue weighted by atomic mass is 10.1. The molecule has 70 heavy (non-hydrogen) atoms. The summed E-state index contributed by atoms with van der Waals surface area (Å²) in [6.45, 7) is 6.61. The van der Waals surface area contributed by atoms with Gasteiger partial charge in [0.15, 0.2) is 6.10 Å². The molecule has 0 aliphatic carbocycles. The van der Waals surface area contributed by atoms with Crippen LogP contribution in [0.4, 0.5) is 0 Å². The Balaban J connectivity index is 4.39. The second-order valence-electron chi connectivity index (χ2n) is 20.2. The van der Waals surface area contributed by atoms with Crippen LogP contribution in [0.25, 0.3) is 0 Å². The molecule has 0 aliphatic heterocycles. The molecule has 0 spiro atoms. The van der Waals surface area contributed by atoms with Crippen molar-refractivity contribution in [3.05, 3.63) is 60.8 Å². The molecule has 0 heterocycles. The smallest absolute Gasteiger partial charge is 0.306 e. The highest BCUT2D eigenvalue weighted by Gasteiger charge is 2.19. The minimum atomic E-state index is -0.784. The molecule has 1 unspecified atom stereocenters. The summed E-state index contributed by atoms with van der Waals surface area (Å²) in [7, 11) is 0. The fourth-order valence-corrected chi connectivity index (χ4v) is 8.62. The summed E-state index contributed by atoms with van der Waals surface area (Å²) in [5.74, 6) is -0.892. The van der Waals surface area contributed by atoms with E-state index in [9.17, 15) is 14.4 Å². The Labute approximate surface area is 434 Å². The van der Waals surface area contributed by atoms with Gasteiger partial charge in [-0.3, -0.25) is 14.4 Å². The maximum Gasteiger partial charge on any atom is 0.306 e. The topological polar surface area (TPSA) is 78.9 Å². The summed E-state index contributed by atoms with van der Waals surface area (Å²) in [6.07, 6.45) is 73.5. The van der Waals surface area contributed by atoms with E-state index in [0.717, 1.165) is 83.5 Å². The van der Waals surface area contributed by atoms with E-state index in [1.807, 2.05) is 0 Å². The first kappa shape index (κ1) is 67.1. The molecule has 0 saturated heterocycles. The van der Waals surface area contributed by atoms with Crippen LogP contribution in [0.15, 0.2) is 60.8 Å². The number of esters is 3. The zero-order valence-electron chi connectivity index (χ0n) is 46.5. The molecule has 0 aromatic rings. The molecule has 0 aromatic carbocycles. The quantitative estimate of drug-likeness (QED) is 0.0261. The monoisotopic (exact) mass is 979 g/mol. The fraction of sp³-hybridized carbons (Fsp3) is 0.797. The Hall–Kier alpha value is -2.89.